The van der Waals surface area contributed by atoms with E-state index in [9.17, 15) is 9.47 Å². The number of aromatic nitrogens is 3. The Morgan fingerprint density at radius 1 is 1.20 bits per heavy atom. The van der Waals surface area contributed by atoms with Crippen LogP contribution in [0.4, 0.5) is 29.1 Å². The van der Waals surface area contributed by atoms with E-state index in [2.05, 4.69) is 60.1 Å². The van der Waals surface area contributed by atoms with E-state index >= 15 is 0 Å². The van der Waals surface area contributed by atoms with E-state index in [-0.39, 0.29) is 0 Å². The van der Waals surface area contributed by atoms with E-state index in [0.29, 0.717) is 34.9 Å². The van der Waals surface area contributed by atoms with Crippen LogP contribution in [0.15, 0.2) is 40.9 Å². The fraction of sp³-hybridized carbons (Fsp3) is 0.360. The molecule has 0 radical (unpaired) electrons. The highest BCUT2D eigenvalue weighted by Crippen LogP contribution is 2.40. The first kappa shape index (κ1) is 23.2. The number of nitrogens with zero attached hydrogens (tertiary/aromatic N) is 6. The SMILES string of the molecule is CN1Cc2cc(Nc3ncc(C#N)c(Nc4cccc(N=S(C)(C)=O)n4)n3)cc3c2[C@H](CCC3)C1. The highest BCUT2D eigenvalue weighted by atomic mass is 32.2. The van der Waals surface area contributed by atoms with Crippen LogP contribution >= 0.6 is 0 Å². The van der Waals surface area contributed by atoms with E-state index in [0.717, 1.165) is 25.2 Å². The molecule has 2 aromatic heterocycles. The Morgan fingerprint density at radius 3 is 2.83 bits per heavy atom. The lowest BCUT2D eigenvalue weighted by Crippen LogP contribution is -2.33. The maximum Gasteiger partial charge on any atom is 0.229 e. The van der Waals surface area contributed by atoms with E-state index in [1.165, 1.54) is 35.7 Å². The molecule has 0 bridgehead atoms. The van der Waals surface area contributed by atoms with Gasteiger partial charge < -0.3 is 15.5 Å². The van der Waals surface area contributed by atoms with Crippen LogP contribution in [0, 0.1) is 11.3 Å². The Morgan fingerprint density at radius 2 is 2.03 bits per heavy atom. The minimum absolute atomic E-state index is 0.291. The van der Waals surface area contributed by atoms with Crippen LogP contribution in [0.5, 0.6) is 0 Å². The smallest absolute Gasteiger partial charge is 0.229 e. The molecule has 35 heavy (non-hydrogen) atoms. The van der Waals surface area contributed by atoms with Crippen molar-refractivity contribution in [2.45, 2.75) is 31.7 Å². The monoisotopic (exact) mass is 488 g/mol. The fourth-order valence-corrected chi connectivity index (χ4v) is 5.50. The molecule has 0 fully saturated rings. The van der Waals surface area contributed by atoms with Crippen molar-refractivity contribution < 1.29 is 4.21 Å². The highest BCUT2D eigenvalue weighted by Gasteiger charge is 2.29. The standard InChI is InChI=1S/C25H28N8OS/c1-33-14-17-7-4-6-16-10-20(11-18(15-33)23(16)17)28-25-27-13-19(12-26)24(31-25)30-21-8-5-9-22(29-21)32-35(2,3)34/h5,8-11,13,17H,4,6-7,14-15H2,1-3H3,(H2,27,28,29,30,31)/t17-/m1/s1. The molecule has 1 aliphatic carbocycles. The molecule has 1 aromatic carbocycles. The zero-order valence-electron chi connectivity index (χ0n) is 20.1. The zero-order valence-corrected chi connectivity index (χ0v) is 20.9. The number of aryl methyl sites for hydroxylation is 1. The van der Waals surface area contributed by atoms with Gasteiger partial charge in [-0.05, 0) is 73.2 Å². The summed E-state index contributed by atoms with van der Waals surface area (Å²) in [5.41, 5.74) is 5.55. The summed E-state index contributed by atoms with van der Waals surface area (Å²) in [6.07, 6.45) is 8.15. The molecule has 5 rings (SSSR count). The molecule has 0 saturated heterocycles. The second-order valence-electron chi connectivity index (χ2n) is 9.47. The van der Waals surface area contributed by atoms with Crippen LogP contribution in [-0.2, 0) is 22.7 Å². The number of likely N-dealkylation sites (N-methyl/N-ethyl adjacent to an activating group) is 1. The van der Waals surface area contributed by atoms with Crippen LogP contribution in [0.1, 0.15) is 41.0 Å². The van der Waals surface area contributed by atoms with Gasteiger partial charge in [0.15, 0.2) is 11.6 Å². The molecular formula is C25H28N8OS. The number of hydrogen-bond acceptors (Lipinski definition) is 9. The third-order valence-corrected chi connectivity index (χ3v) is 6.82. The Labute approximate surface area is 205 Å². The van der Waals surface area contributed by atoms with E-state index in [1.807, 2.05) is 0 Å². The molecule has 1 atom stereocenters. The lowest BCUT2D eigenvalue weighted by atomic mass is 9.77. The summed E-state index contributed by atoms with van der Waals surface area (Å²) in [4.78, 5) is 15.7. The molecule has 0 unspecified atom stereocenters. The fourth-order valence-electron chi connectivity index (χ4n) is 4.95. The van der Waals surface area contributed by atoms with Gasteiger partial charge >= 0.3 is 0 Å². The summed E-state index contributed by atoms with van der Waals surface area (Å²) in [5, 5.41) is 16.0. The first-order valence-corrected chi connectivity index (χ1v) is 13.9. The van der Waals surface area contributed by atoms with Crippen molar-refractivity contribution in [3.8, 4) is 6.07 Å². The minimum atomic E-state index is -2.34. The second kappa shape index (κ2) is 9.24. The van der Waals surface area contributed by atoms with Crippen LogP contribution in [0.25, 0.3) is 0 Å². The predicted octanol–water partition coefficient (Wildman–Crippen LogP) is 4.45. The molecule has 1 aliphatic heterocycles. The van der Waals surface area contributed by atoms with E-state index < -0.39 is 9.73 Å². The van der Waals surface area contributed by atoms with Gasteiger partial charge in [0.2, 0.25) is 5.95 Å². The highest BCUT2D eigenvalue weighted by molar-refractivity contribution is 7.92. The zero-order chi connectivity index (χ0) is 24.6. The molecule has 180 valence electrons. The summed E-state index contributed by atoms with van der Waals surface area (Å²) in [6, 6.07) is 11.7. The lowest BCUT2D eigenvalue weighted by Gasteiger charge is -2.37. The third kappa shape index (κ3) is 5.26. The molecule has 0 saturated carbocycles. The molecule has 0 amide bonds. The first-order valence-electron chi connectivity index (χ1n) is 11.6. The van der Waals surface area contributed by atoms with Crippen molar-refractivity contribution in [2.75, 3.05) is 36.7 Å². The second-order valence-corrected chi connectivity index (χ2v) is 12.0. The summed E-state index contributed by atoms with van der Waals surface area (Å²) < 4.78 is 16.2. The van der Waals surface area contributed by atoms with Crippen LogP contribution < -0.4 is 10.6 Å². The van der Waals surface area contributed by atoms with Crippen molar-refractivity contribution in [1.29, 1.82) is 5.26 Å². The molecule has 3 heterocycles. The van der Waals surface area contributed by atoms with Gasteiger partial charge in [0, 0.05) is 41.0 Å². The minimum Gasteiger partial charge on any atom is -0.324 e. The average Bonchev–Trinajstić information content (AvgIpc) is 2.78. The van der Waals surface area contributed by atoms with Gasteiger partial charge in [0.05, 0.1) is 6.20 Å². The number of hydrogen-bond donors (Lipinski definition) is 2. The maximum absolute atomic E-state index is 12.0. The van der Waals surface area contributed by atoms with Gasteiger partial charge in [0.1, 0.15) is 17.5 Å². The summed E-state index contributed by atoms with van der Waals surface area (Å²) >= 11 is 0. The van der Waals surface area contributed by atoms with Gasteiger partial charge in [-0.2, -0.15) is 14.6 Å². The topological polar surface area (TPSA) is 119 Å². The Hall–Kier alpha value is -3.55. The Bertz CT molecular complexity index is 1450. The number of nitriles is 1. The van der Waals surface area contributed by atoms with Crippen molar-refractivity contribution >= 4 is 38.8 Å². The number of benzene rings is 1. The Balaban J connectivity index is 1.44. The van der Waals surface area contributed by atoms with Crippen LogP contribution in [0.3, 0.4) is 0 Å². The molecule has 2 aliphatic rings. The van der Waals surface area contributed by atoms with Gasteiger partial charge in [-0.1, -0.05) is 6.07 Å². The van der Waals surface area contributed by atoms with Gasteiger partial charge in [-0.25, -0.2) is 14.2 Å². The summed E-state index contributed by atoms with van der Waals surface area (Å²) in [5.74, 6) is 2.14. The average molecular weight is 489 g/mol. The van der Waals surface area contributed by atoms with Crippen molar-refractivity contribution in [3.63, 3.8) is 0 Å². The Kier molecular flexibility index (Phi) is 6.13. The van der Waals surface area contributed by atoms with Crippen LogP contribution in [-0.4, -0.2) is 50.2 Å². The number of anilines is 4. The number of nitrogens with one attached hydrogen (secondary N) is 2. The molecule has 10 heteroatoms. The van der Waals surface area contributed by atoms with Crippen LogP contribution in [0.2, 0.25) is 0 Å². The van der Waals surface area contributed by atoms with Crippen molar-refractivity contribution in [3.05, 3.63) is 58.8 Å². The number of rotatable bonds is 5. The van der Waals surface area contributed by atoms with Gasteiger partial charge in [-0.15, -0.1) is 0 Å². The van der Waals surface area contributed by atoms with Gasteiger partial charge in [-0.3, -0.25) is 0 Å². The van der Waals surface area contributed by atoms with E-state index in [4.69, 9.17) is 0 Å². The molecule has 2 N–H and O–H groups in total. The summed E-state index contributed by atoms with van der Waals surface area (Å²) in [6.45, 7) is 2.06. The number of pyridine rings is 1. The van der Waals surface area contributed by atoms with E-state index in [1.54, 1.807) is 30.7 Å². The largest absolute Gasteiger partial charge is 0.324 e. The maximum atomic E-state index is 12.0. The first-order chi connectivity index (χ1) is 16.8. The quantitative estimate of drug-likeness (QED) is 0.540. The molecular weight excluding hydrogens is 460 g/mol. The molecule has 3 aromatic rings. The third-order valence-electron chi connectivity index (χ3n) is 6.19. The molecule has 9 nitrogen and oxygen atoms in total. The predicted molar refractivity (Wildman–Crippen MR) is 138 cm³/mol. The lowest BCUT2D eigenvalue weighted by molar-refractivity contribution is 0.266. The van der Waals surface area contributed by atoms with Crippen molar-refractivity contribution in [1.82, 2.24) is 19.9 Å². The summed E-state index contributed by atoms with van der Waals surface area (Å²) in [7, 11) is -0.167. The van der Waals surface area contributed by atoms with Crippen molar-refractivity contribution in [2.24, 2.45) is 4.36 Å². The molecule has 0 spiro atoms. The normalized spacial score (nSPS) is 17.3. The van der Waals surface area contributed by atoms with Gasteiger partial charge in [0.25, 0.3) is 0 Å².